The molecular formula is C21H18ClFN2O3. The molecule has 0 spiro atoms. The van der Waals surface area contributed by atoms with Crippen LogP contribution in [0.1, 0.15) is 11.1 Å². The first-order valence-corrected chi connectivity index (χ1v) is 8.83. The van der Waals surface area contributed by atoms with Gasteiger partial charge in [-0.3, -0.25) is 5.32 Å². The molecule has 0 saturated carbocycles. The molecular weight excluding hydrogens is 383 g/mol. The van der Waals surface area contributed by atoms with E-state index in [1.54, 1.807) is 48.5 Å². The Balaban J connectivity index is 1.54. The second-order valence-electron chi connectivity index (χ2n) is 5.96. The Labute approximate surface area is 166 Å². The van der Waals surface area contributed by atoms with Gasteiger partial charge in [-0.05, 0) is 35.9 Å². The van der Waals surface area contributed by atoms with Crippen LogP contribution in [0, 0.1) is 5.82 Å². The van der Waals surface area contributed by atoms with E-state index >= 15 is 0 Å². The van der Waals surface area contributed by atoms with Crippen molar-refractivity contribution in [2.75, 3.05) is 11.1 Å². The first-order valence-electron chi connectivity index (χ1n) is 8.45. The summed E-state index contributed by atoms with van der Waals surface area (Å²) >= 11 is 6.03. The topological polar surface area (TPSA) is 73.6 Å². The molecule has 0 fully saturated rings. The first kappa shape index (κ1) is 19.5. The van der Waals surface area contributed by atoms with E-state index in [0.717, 1.165) is 5.56 Å². The third-order valence-electron chi connectivity index (χ3n) is 3.90. The standard InChI is InChI=1S/C21H18ClFN2O3/c22-18-4-2-1-3-15(18)13-28-21(26)25-20-10-9-17(11-19(20)24)27-12-14-5-7-16(23)8-6-14/h1-11H,12-13,24H2,(H,25,26). The molecule has 0 atom stereocenters. The quantitative estimate of drug-likeness (QED) is 0.544. The van der Waals surface area contributed by atoms with E-state index in [1.165, 1.54) is 12.1 Å². The molecule has 1 amide bonds. The second kappa shape index (κ2) is 9.10. The first-order chi connectivity index (χ1) is 13.5. The van der Waals surface area contributed by atoms with Crippen LogP contribution in [-0.4, -0.2) is 6.09 Å². The van der Waals surface area contributed by atoms with Gasteiger partial charge in [0.05, 0.1) is 11.4 Å². The van der Waals surface area contributed by atoms with Crippen molar-refractivity contribution < 1.29 is 18.7 Å². The third-order valence-corrected chi connectivity index (χ3v) is 4.26. The van der Waals surface area contributed by atoms with Crippen molar-refractivity contribution in [3.8, 4) is 5.75 Å². The number of ether oxygens (including phenoxy) is 2. The predicted molar refractivity (Wildman–Crippen MR) is 107 cm³/mol. The van der Waals surface area contributed by atoms with Crippen LogP contribution in [0.5, 0.6) is 5.75 Å². The van der Waals surface area contributed by atoms with Gasteiger partial charge in [-0.1, -0.05) is 41.9 Å². The van der Waals surface area contributed by atoms with E-state index in [2.05, 4.69) is 5.32 Å². The van der Waals surface area contributed by atoms with Crippen LogP contribution in [0.3, 0.4) is 0 Å². The van der Waals surface area contributed by atoms with E-state index in [1.807, 2.05) is 6.07 Å². The second-order valence-corrected chi connectivity index (χ2v) is 6.36. The summed E-state index contributed by atoms with van der Waals surface area (Å²) in [5.74, 6) is 0.224. The van der Waals surface area contributed by atoms with Gasteiger partial charge in [-0.2, -0.15) is 0 Å². The molecule has 3 N–H and O–H groups in total. The summed E-state index contributed by atoms with van der Waals surface area (Å²) in [5.41, 5.74) is 8.23. The van der Waals surface area contributed by atoms with Gasteiger partial charge in [0.15, 0.2) is 0 Å². The lowest BCUT2D eigenvalue weighted by Crippen LogP contribution is -2.14. The van der Waals surface area contributed by atoms with Crippen molar-refractivity contribution in [3.05, 3.63) is 88.7 Å². The summed E-state index contributed by atoms with van der Waals surface area (Å²) in [6.07, 6.45) is -0.647. The molecule has 3 aromatic rings. The summed E-state index contributed by atoms with van der Waals surface area (Å²) < 4.78 is 23.7. The van der Waals surface area contributed by atoms with Crippen molar-refractivity contribution in [1.29, 1.82) is 0 Å². The number of carbonyl (C=O) groups is 1. The smallest absolute Gasteiger partial charge is 0.412 e. The Morgan fingerprint density at radius 1 is 1.04 bits per heavy atom. The average Bonchev–Trinajstić information content (AvgIpc) is 2.69. The van der Waals surface area contributed by atoms with Crippen molar-refractivity contribution >= 4 is 29.1 Å². The lowest BCUT2D eigenvalue weighted by atomic mass is 10.2. The number of anilines is 2. The van der Waals surface area contributed by atoms with Crippen LogP contribution in [0.15, 0.2) is 66.7 Å². The van der Waals surface area contributed by atoms with E-state index in [0.29, 0.717) is 27.7 Å². The maximum atomic E-state index is 12.9. The van der Waals surface area contributed by atoms with E-state index in [4.69, 9.17) is 26.8 Å². The van der Waals surface area contributed by atoms with Gasteiger partial charge in [0, 0.05) is 16.7 Å². The molecule has 0 unspecified atom stereocenters. The van der Waals surface area contributed by atoms with Gasteiger partial charge < -0.3 is 15.2 Å². The van der Waals surface area contributed by atoms with Gasteiger partial charge in [-0.15, -0.1) is 0 Å². The number of amides is 1. The van der Waals surface area contributed by atoms with Gasteiger partial charge >= 0.3 is 6.09 Å². The molecule has 144 valence electrons. The molecule has 0 bridgehead atoms. The monoisotopic (exact) mass is 400 g/mol. The molecule has 0 radical (unpaired) electrons. The molecule has 0 aliphatic rings. The molecule has 3 rings (SSSR count). The Bertz CT molecular complexity index is 964. The number of hydrogen-bond acceptors (Lipinski definition) is 4. The zero-order chi connectivity index (χ0) is 19.9. The molecule has 28 heavy (non-hydrogen) atoms. The van der Waals surface area contributed by atoms with Crippen molar-refractivity contribution in [2.45, 2.75) is 13.2 Å². The Morgan fingerprint density at radius 2 is 1.79 bits per heavy atom. The lowest BCUT2D eigenvalue weighted by Gasteiger charge is -2.12. The average molecular weight is 401 g/mol. The largest absolute Gasteiger partial charge is 0.489 e. The van der Waals surface area contributed by atoms with Gasteiger partial charge in [-0.25, -0.2) is 9.18 Å². The van der Waals surface area contributed by atoms with Crippen LogP contribution < -0.4 is 15.8 Å². The lowest BCUT2D eigenvalue weighted by molar-refractivity contribution is 0.155. The Hall–Kier alpha value is -3.25. The summed E-state index contributed by atoms with van der Waals surface area (Å²) in [6, 6.07) is 18.0. The number of rotatable bonds is 6. The highest BCUT2D eigenvalue weighted by molar-refractivity contribution is 6.31. The number of benzene rings is 3. The minimum Gasteiger partial charge on any atom is -0.489 e. The van der Waals surface area contributed by atoms with Gasteiger partial charge in [0.25, 0.3) is 0 Å². The van der Waals surface area contributed by atoms with Crippen LogP contribution in [0.4, 0.5) is 20.6 Å². The van der Waals surface area contributed by atoms with Crippen LogP contribution in [0.2, 0.25) is 5.02 Å². The molecule has 7 heteroatoms. The third kappa shape index (κ3) is 5.37. The SMILES string of the molecule is Nc1cc(OCc2ccc(F)cc2)ccc1NC(=O)OCc1ccccc1Cl. The fraction of sp³-hybridized carbons (Fsp3) is 0.0952. The molecule has 0 aromatic heterocycles. The summed E-state index contributed by atoms with van der Waals surface area (Å²) in [4.78, 5) is 12.0. The summed E-state index contributed by atoms with van der Waals surface area (Å²) in [6.45, 7) is 0.316. The molecule has 0 aliphatic heterocycles. The number of nitrogen functional groups attached to an aromatic ring is 1. The normalized spacial score (nSPS) is 10.4. The van der Waals surface area contributed by atoms with Crippen LogP contribution in [0.25, 0.3) is 0 Å². The molecule has 0 aliphatic carbocycles. The van der Waals surface area contributed by atoms with Crippen molar-refractivity contribution in [1.82, 2.24) is 0 Å². The predicted octanol–water partition coefficient (Wildman–Crippen LogP) is 5.39. The fourth-order valence-electron chi connectivity index (χ4n) is 2.40. The highest BCUT2D eigenvalue weighted by Crippen LogP contribution is 2.25. The maximum Gasteiger partial charge on any atom is 0.412 e. The van der Waals surface area contributed by atoms with E-state index in [9.17, 15) is 9.18 Å². The van der Waals surface area contributed by atoms with E-state index in [-0.39, 0.29) is 19.0 Å². The number of halogens is 2. The summed E-state index contributed by atoms with van der Waals surface area (Å²) in [5, 5.41) is 3.11. The van der Waals surface area contributed by atoms with Crippen LogP contribution in [-0.2, 0) is 18.0 Å². The minimum atomic E-state index is -0.647. The Morgan fingerprint density at radius 3 is 2.50 bits per heavy atom. The molecule has 3 aromatic carbocycles. The highest BCUT2D eigenvalue weighted by Gasteiger charge is 2.09. The number of nitrogens with two attached hydrogens (primary N) is 1. The van der Waals surface area contributed by atoms with E-state index < -0.39 is 6.09 Å². The minimum absolute atomic E-state index is 0.0459. The molecule has 5 nitrogen and oxygen atoms in total. The van der Waals surface area contributed by atoms with Crippen LogP contribution >= 0.6 is 11.6 Å². The number of carbonyl (C=O) groups excluding carboxylic acids is 1. The highest BCUT2D eigenvalue weighted by atomic mass is 35.5. The fourth-order valence-corrected chi connectivity index (χ4v) is 2.59. The Kier molecular flexibility index (Phi) is 6.34. The molecule has 0 heterocycles. The number of nitrogens with one attached hydrogen (secondary N) is 1. The van der Waals surface area contributed by atoms with Gasteiger partial charge in [0.2, 0.25) is 0 Å². The zero-order valence-electron chi connectivity index (χ0n) is 14.8. The van der Waals surface area contributed by atoms with Gasteiger partial charge in [0.1, 0.15) is 24.8 Å². The summed E-state index contributed by atoms with van der Waals surface area (Å²) in [7, 11) is 0. The number of hydrogen-bond donors (Lipinski definition) is 2. The van der Waals surface area contributed by atoms with Crippen molar-refractivity contribution in [3.63, 3.8) is 0 Å². The zero-order valence-corrected chi connectivity index (χ0v) is 15.6. The molecule has 0 saturated heterocycles. The van der Waals surface area contributed by atoms with Crippen molar-refractivity contribution in [2.24, 2.45) is 0 Å². The maximum absolute atomic E-state index is 12.9.